The van der Waals surface area contributed by atoms with E-state index in [1.807, 2.05) is 50.0 Å². The summed E-state index contributed by atoms with van der Waals surface area (Å²) in [5.74, 6) is -0.656. The molecule has 9 heteroatoms. The van der Waals surface area contributed by atoms with Gasteiger partial charge in [-0.15, -0.1) is 0 Å². The third-order valence-electron chi connectivity index (χ3n) is 7.93. The van der Waals surface area contributed by atoms with Gasteiger partial charge >= 0.3 is 12.1 Å². The highest BCUT2D eigenvalue weighted by Gasteiger charge is 2.54. The smallest absolute Gasteiger partial charge is 0.409 e. The molecule has 1 atom stereocenters. The summed E-state index contributed by atoms with van der Waals surface area (Å²) >= 11 is 0. The Bertz CT molecular complexity index is 1370. The molecule has 0 aromatic heterocycles. The number of rotatable bonds is 6. The number of hydrogen-bond acceptors (Lipinski definition) is 6. The summed E-state index contributed by atoms with van der Waals surface area (Å²) in [4.78, 5) is 45.1. The lowest BCUT2D eigenvalue weighted by atomic mass is 9.85. The minimum Gasteiger partial charge on any atom is -0.456 e. The first-order chi connectivity index (χ1) is 20.0. The zero-order valence-corrected chi connectivity index (χ0v) is 24.4. The van der Waals surface area contributed by atoms with Crippen LogP contribution >= 0.6 is 0 Å². The van der Waals surface area contributed by atoms with E-state index in [1.165, 1.54) is 12.1 Å². The van der Waals surface area contributed by atoms with Crippen molar-refractivity contribution >= 4 is 23.7 Å². The summed E-state index contributed by atoms with van der Waals surface area (Å²) in [6.45, 7) is 7.10. The first kappa shape index (κ1) is 29.4. The highest BCUT2D eigenvalue weighted by atomic mass is 19.1. The average molecular weight is 576 g/mol. The molecule has 8 nitrogen and oxygen atoms in total. The van der Waals surface area contributed by atoms with Crippen molar-refractivity contribution in [2.45, 2.75) is 57.7 Å². The van der Waals surface area contributed by atoms with Crippen LogP contribution in [0.4, 0.5) is 14.9 Å². The Morgan fingerprint density at radius 2 is 1.79 bits per heavy atom. The van der Waals surface area contributed by atoms with Crippen molar-refractivity contribution in [2.75, 3.05) is 31.3 Å². The molecule has 2 saturated heterocycles. The number of amides is 2. The fourth-order valence-corrected chi connectivity index (χ4v) is 5.77. The van der Waals surface area contributed by atoms with E-state index in [2.05, 4.69) is 6.08 Å². The quantitative estimate of drug-likeness (QED) is 0.412. The molecule has 1 unspecified atom stereocenters. The van der Waals surface area contributed by atoms with Gasteiger partial charge in [0.25, 0.3) is 0 Å². The van der Waals surface area contributed by atoms with Crippen molar-refractivity contribution in [1.82, 2.24) is 9.80 Å². The molecular weight excluding hydrogens is 537 g/mol. The number of esters is 1. The number of likely N-dealkylation sites (tertiary alicyclic amines) is 1. The summed E-state index contributed by atoms with van der Waals surface area (Å²) in [5.41, 5.74) is 0.462. The van der Waals surface area contributed by atoms with Crippen LogP contribution in [0.3, 0.4) is 0 Å². The lowest BCUT2D eigenvalue weighted by molar-refractivity contribution is -0.134. The van der Waals surface area contributed by atoms with Gasteiger partial charge in [0.1, 0.15) is 17.0 Å². The topological polar surface area (TPSA) is 79.4 Å². The highest BCUT2D eigenvalue weighted by Crippen LogP contribution is 2.40. The monoisotopic (exact) mass is 575 g/mol. The first-order valence-corrected chi connectivity index (χ1v) is 14.4. The molecule has 3 aliphatic rings. The largest absolute Gasteiger partial charge is 0.456 e. The molecule has 0 N–H and O–H groups in total. The molecule has 2 aromatic carbocycles. The molecule has 222 valence electrons. The summed E-state index contributed by atoms with van der Waals surface area (Å²) in [6, 6.07) is 13.3. The van der Waals surface area contributed by atoms with E-state index in [-0.39, 0.29) is 23.7 Å². The van der Waals surface area contributed by atoms with E-state index in [4.69, 9.17) is 9.47 Å². The fraction of sp³-hybridized carbons (Fsp3) is 0.424. The van der Waals surface area contributed by atoms with Crippen LogP contribution in [0.25, 0.3) is 0 Å². The molecule has 2 amide bonds. The molecule has 0 radical (unpaired) electrons. The molecule has 2 aliphatic heterocycles. The van der Waals surface area contributed by atoms with Crippen LogP contribution in [0.2, 0.25) is 0 Å². The minimum atomic E-state index is -0.881. The lowest BCUT2D eigenvalue weighted by Gasteiger charge is -2.43. The van der Waals surface area contributed by atoms with Gasteiger partial charge in [0, 0.05) is 31.2 Å². The van der Waals surface area contributed by atoms with Crippen LogP contribution < -0.4 is 4.90 Å². The zero-order valence-electron chi connectivity index (χ0n) is 24.4. The molecule has 5 rings (SSSR count). The average Bonchev–Trinajstić information content (AvgIpc) is 3.22. The Morgan fingerprint density at radius 1 is 1.05 bits per heavy atom. The van der Waals surface area contributed by atoms with Crippen molar-refractivity contribution in [3.8, 4) is 0 Å². The Hall–Kier alpha value is -4.14. The number of hydrogen-bond donors (Lipinski definition) is 0. The van der Waals surface area contributed by atoms with Crippen LogP contribution in [0.1, 0.15) is 56.0 Å². The molecule has 0 bridgehead atoms. The van der Waals surface area contributed by atoms with E-state index < -0.39 is 17.1 Å². The highest BCUT2D eigenvalue weighted by molar-refractivity contribution is 5.94. The fourth-order valence-electron chi connectivity index (χ4n) is 5.77. The van der Waals surface area contributed by atoms with E-state index in [9.17, 15) is 18.8 Å². The maximum atomic E-state index is 14.1. The third kappa shape index (κ3) is 6.50. The van der Waals surface area contributed by atoms with Crippen molar-refractivity contribution < 1.29 is 28.2 Å². The third-order valence-corrected chi connectivity index (χ3v) is 7.93. The minimum absolute atomic E-state index is 0.0540. The Labute approximate surface area is 246 Å². The second-order valence-corrected chi connectivity index (χ2v) is 12.2. The molecule has 2 heterocycles. The molecule has 42 heavy (non-hydrogen) atoms. The summed E-state index contributed by atoms with van der Waals surface area (Å²) < 4.78 is 24.9. The second-order valence-electron chi connectivity index (χ2n) is 12.2. The number of allylic oxidation sites excluding steroid dienone is 3. The molecular formula is C33H38FN3O5. The van der Waals surface area contributed by atoms with Gasteiger partial charge in [-0.25, -0.2) is 14.0 Å². The van der Waals surface area contributed by atoms with Gasteiger partial charge in [-0.2, -0.15) is 0 Å². The van der Waals surface area contributed by atoms with E-state index >= 15 is 0 Å². The Morgan fingerprint density at radius 3 is 2.45 bits per heavy atom. The van der Waals surface area contributed by atoms with Crippen LogP contribution in [-0.2, 0) is 20.8 Å². The number of carbonyl (C=O) groups is 3. The number of halogens is 1. The maximum Gasteiger partial charge on any atom is 0.409 e. The number of piperidine rings is 1. The normalized spacial score (nSPS) is 19.9. The van der Waals surface area contributed by atoms with Crippen molar-refractivity contribution in [3.05, 3.63) is 89.8 Å². The predicted octanol–water partition coefficient (Wildman–Crippen LogP) is 5.69. The number of anilines is 1. The second kappa shape index (κ2) is 12.0. The number of ether oxygens (including phenoxy) is 2. The molecule has 2 aromatic rings. The molecule has 2 fully saturated rings. The number of benzene rings is 2. The standard InChI is InChI=1S/C33H38FN3O5/c1-32(2,3)42-29(38)26-11-7-10-25(20-26)21-36-23-37(28-14-12-27(34)13-15-28)33(30(36)39)16-18-35(19-17-33)31(40)41-22-24-8-5-4-6-9-24/h4-8,10-15,20,24H,9,16-19,21-23H2,1-3H3. The first-order valence-electron chi connectivity index (χ1n) is 14.4. The molecule has 1 aliphatic carbocycles. The predicted molar refractivity (Wildman–Crippen MR) is 157 cm³/mol. The van der Waals surface area contributed by atoms with Crippen molar-refractivity contribution in [2.24, 2.45) is 5.92 Å². The van der Waals surface area contributed by atoms with Gasteiger partial charge in [0.05, 0.1) is 18.8 Å². The van der Waals surface area contributed by atoms with E-state index in [0.717, 1.165) is 17.7 Å². The van der Waals surface area contributed by atoms with E-state index in [0.29, 0.717) is 51.3 Å². The van der Waals surface area contributed by atoms with Crippen LogP contribution in [0.15, 0.2) is 72.8 Å². The number of carbonyl (C=O) groups excluding carboxylic acids is 3. The summed E-state index contributed by atoms with van der Waals surface area (Å²) in [7, 11) is 0. The van der Waals surface area contributed by atoms with Gasteiger partial charge in [0.15, 0.2) is 0 Å². The SMILES string of the molecule is CC(C)(C)OC(=O)c1cccc(CN2CN(c3ccc(F)cc3)C3(CCN(C(=O)OCC4C=CC=CC4)CC3)C2=O)c1. The van der Waals surface area contributed by atoms with Crippen molar-refractivity contribution in [3.63, 3.8) is 0 Å². The summed E-state index contributed by atoms with van der Waals surface area (Å²) in [5, 5.41) is 0. The number of nitrogens with zero attached hydrogens (tertiary/aromatic N) is 3. The molecule has 0 saturated carbocycles. The molecule has 1 spiro atoms. The van der Waals surface area contributed by atoms with Crippen LogP contribution in [0.5, 0.6) is 0 Å². The lowest BCUT2D eigenvalue weighted by Crippen LogP contribution is -2.57. The maximum absolute atomic E-state index is 14.1. The zero-order chi connectivity index (χ0) is 29.9. The van der Waals surface area contributed by atoms with Gasteiger partial charge in [-0.3, -0.25) is 4.79 Å². The summed E-state index contributed by atoms with van der Waals surface area (Å²) in [6.07, 6.45) is 9.33. The van der Waals surface area contributed by atoms with Crippen LogP contribution in [-0.4, -0.2) is 65.3 Å². The van der Waals surface area contributed by atoms with E-state index in [1.54, 1.807) is 40.1 Å². The van der Waals surface area contributed by atoms with Gasteiger partial charge < -0.3 is 24.2 Å². The van der Waals surface area contributed by atoms with Gasteiger partial charge in [-0.1, -0.05) is 36.4 Å². The van der Waals surface area contributed by atoms with Gasteiger partial charge in [-0.05, 0) is 82.0 Å². The Kier molecular flexibility index (Phi) is 8.38. The van der Waals surface area contributed by atoms with Gasteiger partial charge in [0.2, 0.25) is 5.91 Å². The van der Waals surface area contributed by atoms with Crippen molar-refractivity contribution in [1.29, 1.82) is 0 Å². The Balaban J connectivity index is 1.31. The van der Waals surface area contributed by atoms with Crippen LogP contribution in [0, 0.1) is 11.7 Å².